The molecule has 0 spiro atoms. The molecule has 2 aromatic carbocycles. The standard InChI is InChI=1S/C18H18N2O3/c1-18(2,3)23-17(22)15-6-4-5-14(16(15)20)12-7-11(10-19)8-13(21)9-12/h4-9,21H,20H2,1-3H3. The number of nitrogens with zero attached hydrogens (tertiary/aromatic N) is 1. The summed E-state index contributed by atoms with van der Waals surface area (Å²) in [6.07, 6.45) is 0. The Balaban J connectivity index is 2.51. The summed E-state index contributed by atoms with van der Waals surface area (Å²) in [4.78, 5) is 12.3. The highest BCUT2D eigenvalue weighted by Crippen LogP contribution is 2.32. The molecule has 0 saturated carbocycles. The van der Waals surface area contributed by atoms with Gasteiger partial charge in [-0.05, 0) is 50.6 Å². The predicted octanol–water partition coefficient (Wildman–Crippen LogP) is 3.47. The molecule has 0 aromatic heterocycles. The number of nitrogens with two attached hydrogens (primary N) is 1. The number of nitrogen functional groups attached to an aromatic ring is 1. The van der Waals surface area contributed by atoms with Crippen molar-refractivity contribution < 1.29 is 14.6 Å². The van der Waals surface area contributed by atoms with E-state index in [2.05, 4.69) is 0 Å². The molecule has 0 amide bonds. The summed E-state index contributed by atoms with van der Waals surface area (Å²) >= 11 is 0. The number of hydrogen-bond acceptors (Lipinski definition) is 5. The maximum Gasteiger partial charge on any atom is 0.340 e. The van der Waals surface area contributed by atoms with Crippen LogP contribution in [0.2, 0.25) is 0 Å². The van der Waals surface area contributed by atoms with Crippen molar-refractivity contribution in [1.82, 2.24) is 0 Å². The number of carbonyl (C=O) groups is 1. The lowest BCUT2D eigenvalue weighted by molar-refractivity contribution is 0.00708. The Labute approximate surface area is 134 Å². The van der Waals surface area contributed by atoms with E-state index >= 15 is 0 Å². The van der Waals surface area contributed by atoms with Crippen molar-refractivity contribution in [3.05, 3.63) is 47.5 Å². The van der Waals surface area contributed by atoms with Crippen LogP contribution in [0.1, 0.15) is 36.7 Å². The number of para-hydroxylation sites is 1. The first-order chi connectivity index (χ1) is 10.7. The van der Waals surface area contributed by atoms with Crippen molar-refractivity contribution in [1.29, 1.82) is 5.26 Å². The van der Waals surface area contributed by atoms with Crippen LogP contribution in [0.25, 0.3) is 11.1 Å². The topological polar surface area (TPSA) is 96.3 Å². The average molecular weight is 310 g/mol. The summed E-state index contributed by atoms with van der Waals surface area (Å²) in [6, 6.07) is 11.4. The zero-order valence-corrected chi connectivity index (χ0v) is 13.3. The van der Waals surface area contributed by atoms with E-state index in [9.17, 15) is 9.90 Å². The zero-order valence-electron chi connectivity index (χ0n) is 13.3. The third-order valence-corrected chi connectivity index (χ3v) is 3.08. The number of aromatic hydroxyl groups is 1. The number of anilines is 1. The van der Waals surface area contributed by atoms with Crippen LogP contribution in [0.3, 0.4) is 0 Å². The summed E-state index contributed by atoms with van der Waals surface area (Å²) in [5.74, 6) is -0.557. The lowest BCUT2D eigenvalue weighted by atomic mass is 9.98. The van der Waals surface area contributed by atoms with Gasteiger partial charge in [0.2, 0.25) is 0 Å². The van der Waals surface area contributed by atoms with Gasteiger partial charge in [-0.1, -0.05) is 12.1 Å². The SMILES string of the molecule is CC(C)(C)OC(=O)c1cccc(-c2cc(O)cc(C#N)c2)c1N. The van der Waals surface area contributed by atoms with E-state index in [1.165, 1.54) is 12.1 Å². The molecule has 23 heavy (non-hydrogen) atoms. The monoisotopic (exact) mass is 310 g/mol. The average Bonchev–Trinajstić information content (AvgIpc) is 2.44. The van der Waals surface area contributed by atoms with Gasteiger partial charge in [0.1, 0.15) is 11.4 Å². The molecule has 0 radical (unpaired) electrons. The van der Waals surface area contributed by atoms with Crippen molar-refractivity contribution in [3.63, 3.8) is 0 Å². The predicted molar refractivity (Wildman–Crippen MR) is 87.8 cm³/mol. The van der Waals surface area contributed by atoms with Gasteiger partial charge in [-0.25, -0.2) is 4.79 Å². The first-order valence-electron chi connectivity index (χ1n) is 7.07. The summed E-state index contributed by atoms with van der Waals surface area (Å²) in [5.41, 5.74) is 7.40. The first kappa shape index (κ1) is 16.4. The second kappa shape index (κ2) is 6.01. The Morgan fingerprint density at radius 2 is 1.96 bits per heavy atom. The Morgan fingerprint density at radius 1 is 1.26 bits per heavy atom. The molecule has 5 heteroatoms. The quantitative estimate of drug-likeness (QED) is 0.654. The minimum Gasteiger partial charge on any atom is -0.508 e. The van der Waals surface area contributed by atoms with E-state index in [1.807, 2.05) is 6.07 Å². The number of nitriles is 1. The number of phenols is 1. The fraction of sp³-hybridized carbons (Fsp3) is 0.222. The maximum absolute atomic E-state index is 12.3. The van der Waals surface area contributed by atoms with Crippen molar-refractivity contribution in [2.45, 2.75) is 26.4 Å². The molecule has 0 aliphatic rings. The highest BCUT2D eigenvalue weighted by Gasteiger charge is 2.21. The highest BCUT2D eigenvalue weighted by atomic mass is 16.6. The lowest BCUT2D eigenvalue weighted by Crippen LogP contribution is -2.24. The van der Waals surface area contributed by atoms with Crippen LogP contribution in [0.15, 0.2) is 36.4 Å². The summed E-state index contributed by atoms with van der Waals surface area (Å²) < 4.78 is 5.34. The molecule has 0 heterocycles. The molecule has 0 atom stereocenters. The largest absolute Gasteiger partial charge is 0.508 e. The van der Waals surface area contributed by atoms with Crippen LogP contribution < -0.4 is 5.73 Å². The van der Waals surface area contributed by atoms with E-state index in [1.54, 1.807) is 45.0 Å². The van der Waals surface area contributed by atoms with Gasteiger partial charge in [0.25, 0.3) is 0 Å². The van der Waals surface area contributed by atoms with Gasteiger partial charge in [-0.15, -0.1) is 0 Å². The number of ether oxygens (including phenoxy) is 1. The van der Waals surface area contributed by atoms with E-state index < -0.39 is 11.6 Å². The molecule has 0 bridgehead atoms. The summed E-state index contributed by atoms with van der Waals surface area (Å²) in [6.45, 7) is 5.33. The Hall–Kier alpha value is -3.00. The fourth-order valence-corrected chi connectivity index (χ4v) is 2.16. The van der Waals surface area contributed by atoms with Gasteiger partial charge in [0, 0.05) is 5.56 Å². The molecule has 5 nitrogen and oxygen atoms in total. The molecule has 0 saturated heterocycles. The lowest BCUT2D eigenvalue weighted by Gasteiger charge is -2.20. The van der Waals surface area contributed by atoms with Crippen LogP contribution in [0.5, 0.6) is 5.75 Å². The number of carbonyl (C=O) groups excluding carboxylic acids is 1. The molecule has 2 rings (SSSR count). The molecule has 0 aliphatic heterocycles. The second-order valence-corrected chi connectivity index (χ2v) is 6.15. The van der Waals surface area contributed by atoms with Gasteiger partial charge < -0.3 is 15.6 Å². The highest BCUT2D eigenvalue weighted by molar-refractivity contribution is 5.99. The Bertz CT molecular complexity index is 799. The van der Waals surface area contributed by atoms with Gasteiger partial charge >= 0.3 is 5.97 Å². The van der Waals surface area contributed by atoms with Crippen molar-refractivity contribution in [2.24, 2.45) is 0 Å². The van der Waals surface area contributed by atoms with Crippen LogP contribution in [-0.4, -0.2) is 16.7 Å². The number of rotatable bonds is 2. The molecular weight excluding hydrogens is 292 g/mol. The minimum absolute atomic E-state index is 0.0406. The van der Waals surface area contributed by atoms with Crippen molar-refractivity contribution in [2.75, 3.05) is 5.73 Å². The molecule has 118 valence electrons. The maximum atomic E-state index is 12.3. The minimum atomic E-state index is -0.626. The zero-order chi connectivity index (χ0) is 17.2. The fourth-order valence-electron chi connectivity index (χ4n) is 2.16. The van der Waals surface area contributed by atoms with E-state index in [-0.39, 0.29) is 17.0 Å². The smallest absolute Gasteiger partial charge is 0.340 e. The molecule has 3 N–H and O–H groups in total. The van der Waals surface area contributed by atoms with Crippen molar-refractivity contribution in [3.8, 4) is 22.9 Å². The normalized spacial score (nSPS) is 10.9. The van der Waals surface area contributed by atoms with Crippen LogP contribution in [-0.2, 0) is 4.74 Å². The first-order valence-corrected chi connectivity index (χ1v) is 7.07. The molecule has 0 fully saturated rings. The number of hydrogen-bond donors (Lipinski definition) is 2. The summed E-state index contributed by atoms with van der Waals surface area (Å²) in [5, 5.41) is 18.7. The number of phenolic OH excluding ortho intramolecular Hbond substituents is 1. The van der Waals surface area contributed by atoms with Gasteiger partial charge in [0.05, 0.1) is 22.9 Å². The van der Waals surface area contributed by atoms with E-state index in [0.717, 1.165) is 0 Å². The van der Waals surface area contributed by atoms with Crippen LogP contribution in [0.4, 0.5) is 5.69 Å². The Kier molecular flexibility index (Phi) is 4.28. The molecular formula is C18H18N2O3. The van der Waals surface area contributed by atoms with Gasteiger partial charge in [0.15, 0.2) is 0 Å². The van der Waals surface area contributed by atoms with Crippen molar-refractivity contribution >= 4 is 11.7 Å². The van der Waals surface area contributed by atoms with Crippen LogP contribution in [0, 0.1) is 11.3 Å². The van der Waals surface area contributed by atoms with Crippen LogP contribution >= 0.6 is 0 Å². The molecule has 0 unspecified atom stereocenters. The van der Waals surface area contributed by atoms with E-state index in [4.69, 9.17) is 15.7 Å². The Morgan fingerprint density at radius 3 is 2.57 bits per heavy atom. The van der Waals surface area contributed by atoms with E-state index in [0.29, 0.717) is 16.7 Å². The molecule has 0 aliphatic carbocycles. The summed E-state index contributed by atoms with van der Waals surface area (Å²) in [7, 11) is 0. The molecule has 2 aromatic rings. The number of esters is 1. The second-order valence-electron chi connectivity index (χ2n) is 6.15. The van der Waals surface area contributed by atoms with Gasteiger partial charge in [-0.3, -0.25) is 0 Å². The van der Waals surface area contributed by atoms with Gasteiger partial charge in [-0.2, -0.15) is 5.26 Å². The number of benzene rings is 2. The third kappa shape index (κ3) is 3.80. The third-order valence-electron chi connectivity index (χ3n) is 3.08.